The maximum absolute atomic E-state index is 6.13. The smallest absolute Gasteiger partial charge is 0.0621 e. The number of ether oxygens (including phenoxy) is 1. The summed E-state index contributed by atoms with van der Waals surface area (Å²) >= 11 is 9.93. The molecule has 0 N–H and O–H groups in total. The summed E-state index contributed by atoms with van der Waals surface area (Å²) in [7, 11) is 0. The molecule has 3 atom stereocenters. The molecule has 2 heterocycles. The van der Waals surface area contributed by atoms with Gasteiger partial charge in [-0.3, -0.25) is 4.98 Å². The van der Waals surface area contributed by atoms with Crippen molar-refractivity contribution in [2.45, 2.75) is 37.1 Å². The number of rotatable bonds is 4. The molecule has 0 aliphatic carbocycles. The Labute approximate surface area is 116 Å². The van der Waals surface area contributed by atoms with Gasteiger partial charge in [0.15, 0.2) is 0 Å². The van der Waals surface area contributed by atoms with Crippen LogP contribution in [0.5, 0.6) is 0 Å². The Bertz CT molecular complexity index is 374. The average molecular weight is 319 g/mol. The van der Waals surface area contributed by atoms with E-state index < -0.39 is 0 Å². The normalized spacial score (nSPS) is 26.1. The van der Waals surface area contributed by atoms with Crippen LogP contribution in [0.15, 0.2) is 18.5 Å². The summed E-state index contributed by atoms with van der Waals surface area (Å²) in [5.74, 6) is 0.587. The molecule has 1 aliphatic rings. The van der Waals surface area contributed by atoms with Crippen molar-refractivity contribution in [1.29, 1.82) is 0 Å². The van der Waals surface area contributed by atoms with E-state index in [0.717, 1.165) is 36.5 Å². The first-order valence-corrected chi connectivity index (χ1v) is 7.35. The van der Waals surface area contributed by atoms with Gasteiger partial charge in [0.05, 0.1) is 11.1 Å². The molecule has 1 aliphatic heterocycles. The quantitative estimate of drug-likeness (QED) is 0.787. The van der Waals surface area contributed by atoms with Crippen LogP contribution in [-0.4, -0.2) is 22.5 Å². The van der Waals surface area contributed by atoms with E-state index in [-0.39, 0.29) is 0 Å². The molecule has 1 saturated heterocycles. The zero-order valence-electron chi connectivity index (χ0n) is 9.90. The first kappa shape index (κ1) is 13.3. The third kappa shape index (κ3) is 3.21. The van der Waals surface area contributed by atoms with Gasteiger partial charge in [-0.2, -0.15) is 0 Å². The van der Waals surface area contributed by atoms with Gasteiger partial charge in [-0.1, -0.05) is 34.5 Å². The number of pyridine rings is 1. The molecule has 2 rings (SSSR count). The SMILES string of the molecule is CCC1OCCC1C(Br)Cc1ccncc1Cl. The number of alkyl halides is 1. The first-order chi connectivity index (χ1) is 8.22. The van der Waals surface area contributed by atoms with Crippen LogP contribution in [0.2, 0.25) is 5.02 Å². The van der Waals surface area contributed by atoms with Gasteiger partial charge in [-0.05, 0) is 30.9 Å². The van der Waals surface area contributed by atoms with Crippen LogP contribution in [-0.2, 0) is 11.2 Å². The number of aromatic nitrogens is 1. The van der Waals surface area contributed by atoms with Gasteiger partial charge in [0.1, 0.15) is 0 Å². The highest BCUT2D eigenvalue weighted by atomic mass is 79.9. The van der Waals surface area contributed by atoms with Gasteiger partial charge in [-0.25, -0.2) is 0 Å². The summed E-state index contributed by atoms with van der Waals surface area (Å²) in [4.78, 5) is 4.43. The van der Waals surface area contributed by atoms with Crippen LogP contribution < -0.4 is 0 Å². The fourth-order valence-corrected chi connectivity index (χ4v) is 3.58. The third-order valence-electron chi connectivity index (χ3n) is 3.40. The second kappa shape index (κ2) is 6.17. The zero-order valence-corrected chi connectivity index (χ0v) is 12.2. The summed E-state index contributed by atoms with van der Waals surface area (Å²) < 4.78 is 5.73. The Hall–Kier alpha value is -0.120. The average Bonchev–Trinajstić information content (AvgIpc) is 2.80. The molecule has 0 amide bonds. The van der Waals surface area contributed by atoms with Gasteiger partial charge in [-0.15, -0.1) is 0 Å². The van der Waals surface area contributed by atoms with Crippen LogP contribution in [0.3, 0.4) is 0 Å². The second-order valence-corrected chi connectivity index (χ2v) is 6.04. The highest BCUT2D eigenvalue weighted by molar-refractivity contribution is 9.09. The van der Waals surface area contributed by atoms with Gasteiger partial charge < -0.3 is 4.74 Å². The van der Waals surface area contributed by atoms with Crippen LogP contribution >= 0.6 is 27.5 Å². The van der Waals surface area contributed by atoms with Crippen molar-refractivity contribution in [3.63, 3.8) is 0 Å². The van der Waals surface area contributed by atoms with E-state index in [1.165, 1.54) is 0 Å². The van der Waals surface area contributed by atoms with Gasteiger partial charge in [0.2, 0.25) is 0 Å². The van der Waals surface area contributed by atoms with Crippen molar-refractivity contribution in [2.24, 2.45) is 5.92 Å². The Morgan fingerprint density at radius 3 is 3.18 bits per heavy atom. The van der Waals surface area contributed by atoms with Crippen LogP contribution in [0.4, 0.5) is 0 Å². The maximum Gasteiger partial charge on any atom is 0.0621 e. The lowest BCUT2D eigenvalue weighted by atomic mass is 9.92. The molecule has 4 heteroatoms. The fourth-order valence-electron chi connectivity index (χ4n) is 2.43. The molecule has 0 spiro atoms. The van der Waals surface area contributed by atoms with Crippen LogP contribution in [0, 0.1) is 5.92 Å². The predicted molar refractivity (Wildman–Crippen MR) is 73.8 cm³/mol. The number of hydrogen-bond acceptors (Lipinski definition) is 2. The zero-order chi connectivity index (χ0) is 12.3. The third-order valence-corrected chi connectivity index (χ3v) is 4.74. The molecule has 0 radical (unpaired) electrons. The first-order valence-electron chi connectivity index (χ1n) is 6.06. The van der Waals surface area contributed by atoms with E-state index in [1.54, 1.807) is 12.4 Å². The Kier molecular flexibility index (Phi) is 4.83. The lowest BCUT2D eigenvalue weighted by Crippen LogP contribution is -2.25. The lowest BCUT2D eigenvalue weighted by molar-refractivity contribution is 0.0873. The second-order valence-electron chi connectivity index (χ2n) is 4.46. The van der Waals surface area contributed by atoms with E-state index in [2.05, 4.69) is 27.8 Å². The summed E-state index contributed by atoms with van der Waals surface area (Å²) in [6, 6.07) is 1.99. The Morgan fingerprint density at radius 1 is 1.65 bits per heavy atom. The molecular formula is C13H17BrClNO. The summed E-state index contributed by atoms with van der Waals surface area (Å²) in [6.07, 6.45) is 7.04. The van der Waals surface area contributed by atoms with Gasteiger partial charge in [0, 0.05) is 29.7 Å². The molecule has 1 fully saturated rings. The highest BCUT2D eigenvalue weighted by Gasteiger charge is 2.32. The topological polar surface area (TPSA) is 22.1 Å². The molecule has 0 aromatic carbocycles. The predicted octanol–water partition coefficient (Wildman–Crippen LogP) is 3.86. The van der Waals surface area contributed by atoms with E-state index in [9.17, 15) is 0 Å². The minimum absolute atomic E-state index is 0.389. The standard InChI is InChI=1S/C13H17BrClNO/c1-2-13-10(4-6-17-13)11(14)7-9-3-5-16-8-12(9)15/h3,5,8,10-11,13H,2,4,6-7H2,1H3. The molecule has 0 saturated carbocycles. The lowest BCUT2D eigenvalue weighted by Gasteiger charge is -2.22. The van der Waals surface area contributed by atoms with E-state index >= 15 is 0 Å². The van der Waals surface area contributed by atoms with Gasteiger partial charge >= 0.3 is 0 Å². The molecule has 17 heavy (non-hydrogen) atoms. The van der Waals surface area contributed by atoms with E-state index in [4.69, 9.17) is 16.3 Å². The minimum atomic E-state index is 0.389. The van der Waals surface area contributed by atoms with Crippen molar-refractivity contribution in [1.82, 2.24) is 4.98 Å². The molecule has 94 valence electrons. The van der Waals surface area contributed by atoms with Crippen LogP contribution in [0.1, 0.15) is 25.3 Å². The summed E-state index contributed by atoms with van der Waals surface area (Å²) in [6.45, 7) is 3.07. The van der Waals surface area contributed by atoms with Crippen LogP contribution in [0.25, 0.3) is 0 Å². The highest BCUT2D eigenvalue weighted by Crippen LogP contribution is 2.33. The monoisotopic (exact) mass is 317 g/mol. The Balaban J connectivity index is 2.01. The molecule has 2 nitrogen and oxygen atoms in total. The Morgan fingerprint density at radius 2 is 2.47 bits per heavy atom. The molecular weight excluding hydrogens is 302 g/mol. The number of hydrogen-bond donors (Lipinski definition) is 0. The van der Waals surface area contributed by atoms with E-state index in [1.807, 2.05) is 6.07 Å². The number of halogens is 2. The summed E-state index contributed by atoms with van der Waals surface area (Å²) in [5.41, 5.74) is 1.16. The van der Waals surface area contributed by atoms with E-state index in [0.29, 0.717) is 16.8 Å². The minimum Gasteiger partial charge on any atom is -0.378 e. The fraction of sp³-hybridized carbons (Fsp3) is 0.615. The van der Waals surface area contributed by atoms with Gasteiger partial charge in [0.25, 0.3) is 0 Å². The molecule has 0 bridgehead atoms. The molecule has 1 aromatic rings. The van der Waals surface area contributed by atoms with Crippen molar-refractivity contribution in [3.8, 4) is 0 Å². The molecule has 3 unspecified atom stereocenters. The number of nitrogens with zero attached hydrogens (tertiary/aromatic N) is 1. The van der Waals surface area contributed by atoms with Crippen molar-refractivity contribution in [2.75, 3.05) is 6.61 Å². The summed E-state index contributed by atoms with van der Waals surface area (Å²) in [5, 5.41) is 0.754. The van der Waals surface area contributed by atoms with Crippen molar-refractivity contribution in [3.05, 3.63) is 29.0 Å². The molecule has 1 aromatic heterocycles. The van der Waals surface area contributed by atoms with Crippen molar-refractivity contribution >= 4 is 27.5 Å². The maximum atomic E-state index is 6.13. The van der Waals surface area contributed by atoms with Crippen molar-refractivity contribution < 1.29 is 4.74 Å². The largest absolute Gasteiger partial charge is 0.378 e.